The SMILES string of the molecule is [C-]#[N+]c1sccc1-c1c(-c2cc(C3CC3C(=O)OC)cs2)n(S(=O)(=O)c2ccc(C)cc2)c2ccccc12. The Kier molecular flexibility index (Phi) is 5.99. The minimum absolute atomic E-state index is 0.0578. The molecule has 2 unspecified atom stereocenters. The van der Waals surface area contributed by atoms with Crippen LogP contribution in [0, 0.1) is 19.4 Å². The second kappa shape index (κ2) is 9.24. The third kappa shape index (κ3) is 3.88. The lowest BCUT2D eigenvalue weighted by Gasteiger charge is -2.13. The third-order valence-corrected chi connectivity index (χ3v) is 10.5. The van der Waals surface area contributed by atoms with Gasteiger partial charge in [-0.1, -0.05) is 42.0 Å². The summed E-state index contributed by atoms with van der Waals surface area (Å²) in [5, 5.41) is 5.12. The quantitative estimate of drug-likeness (QED) is 0.160. The predicted molar refractivity (Wildman–Crippen MR) is 151 cm³/mol. The van der Waals surface area contributed by atoms with E-state index in [0.29, 0.717) is 28.2 Å². The molecule has 2 aromatic carbocycles. The maximum absolute atomic E-state index is 14.3. The lowest BCUT2D eigenvalue weighted by atomic mass is 10.0. The number of aromatic nitrogens is 1. The van der Waals surface area contributed by atoms with Crippen LogP contribution in [0.3, 0.4) is 0 Å². The van der Waals surface area contributed by atoms with Crippen molar-refractivity contribution < 1.29 is 17.9 Å². The normalized spacial score (nSPS) is 16.9. The van der Waals surface area contributed by atoms with Gasteiger partial charge < -0.3 is 4.74 Å². The number of nitrogens with zero attached hydrogens (tertiary/aromatic N) is 2. The first kappa shape index (κ1) is 24.6. The van der Waals surface area contributed by atoms with Gasteiger partial charge in [-0.25, -0.2) is 17.2 Å². The summed E-state index contributed by atoms with van der Waals surface area (Å²) in [5.41, 5.74) is 4.47. The molecule has 0 saturated heterocycles. The number of hydrogen-bond donors (Lipinski definition) is 0. The van der Waals surface area contributed by atoms with Crippen LogP contribution in [0.4, 0.5) is 5.00 Å². The lowest BCUT2D eigenvalue weighted by Crippen LogP contribution is -2.14. The molecule has 1 fully saturated rings. The first-order chi connectivity index (χ1) is 18.3. The Morgan fingerprint density at radius 1 is 1.11 bits per heavy atom. The molecule has 3 aromatic heterocycles. The smallest absolute Gasteiger partial charge is 0.309 e. The largest absolute Gasteiger partial charge is 0.469 e. The van der Waals surface area contributed by atoms with Crippen molar-refractivity contribution in [2.24, 2.45) is 5.92 Å². The van der Waals surface area contributed by atoms with Crippen LogP contribution in [0.1, 0.15) is 23.5 Å². The molecule has 0 aliphatic heterocycles. The Morgan fingerprint density at radius 2 is 1.87 bits per heavy atom. The zero-order valence-electron chi connectivity index (χ0n) is 20.5. The second-order valence-corrected chi connectivity index (χ2v) is 12.9. The molecule has 1 saturated carbocycles. The topological polar surface area (TPSA) is 69.7 Å². The molecular formula is C29H22N2O4S3. The van der Waals surface area contributed by atoms with Gasteiger partial charge in [-0.3, -0.25) is 4.79 Å². The fourth-order valence-electron chi connectivity index (χ4n) is 5.00. The molecule has 6 rings (SSSR count). The van der Waals surface area contributed by atoms with Crippen LogP contribution in [-0.2, 0) is 19.6 Å². The second-order valence-electron chi connectivity index (χ2n) is 9.29. The van der Waals surface area contributed by atoms with Crippen molar-refractivity contribution in [1.29, 1.82) is 0 Å². The van der Waals surface area contributed by atoms with Gasteiger partial charge in [0.15, 0.2) is 0 Å². The highest BCUT2D eigenvalue weighted by Gasteiger charge is 2.45. The molecular weight excluding hydrogens is 537 g/mol. The van der Waals surface area contributed by atoms with E-state index in [0.717, 1.165) is 27.0 Å². The van der Waals surface area contributed by atoms with E-state index in [1.165, 1.54) is 33.8 Å². The van der Waals surface area contributed by atoms with Crippen LogP contribution >= 0.6 is 22.7 Å². The Hall–Kier alpha value is -3.71. The number of para-hydroxylation sites is 1. The van der Waals surface area contributed by atoms with E-state index < -0.39 is 10.0 Å². The average molecular weight is 559 g/mol. The average Bonchev–Trinajstić information content (AvgIpc) is 3.24. The zero-order chi connectivity index (χ0) is 26.6. The molecule has 1 aliphatic carbocycles. The molecule has 2 atom stereocenters. The number of rotatable bonds is 6. The number of carbonyl (C=O) groups excluding carboxylic acids is 1. The summed E-state index contributed by atoms with van der Waals surface area (Å²) in [4.78, 5) is 16.8. The number of carbonyl (C=O) groups is 1. The van der Waals surface area contributed by atoms with Crippen molar-refractivity contribution in [2.45, 2.75) is 24.2 Å². The molecule has 6 nitrogen and oxygen atoms in total. The fraction of sp³-hybridized carbons (Fsp3) is 0.172. The van der Waals surface area contributed by atoms with Crippen molar-refractivity contribution in [2.75, 3.05) is 7.11 Å². The van der Waals surface area contributed by atoms with E-state index in [4.69, 9.17) is 11.3 Å². The molecule has 5 aromatic rings. The Morgan fingerprint density at radius 3 is 2.61 bits per heavy atom. The van der Waals surface area contributed by atoms with Gasteiger partial charge in [0.2, 0.25) is 5.00 Å². The van der Waals surface area contributed by atoms with Crippen LogP contribution in [0.2, 0.25) is 0 Å². The summed E-state index contributed by atoms with van der Waals surface area (Å²) in [5.74, 6) is -0.337. The minimum Gasteiger partial charge on any atom is -0.469 e. The molecule has 190 valence electrons. The van der Waals surface area contributed by atoms with E-state index in [1.54, 1.807) is 30.3 Å². The molecule has 0 spiro atoms. The standard InChI is InChI=1S/C29H22N2O4S3/c1-17-8-10-19(11-9-17)38(33,34)31-24-7-5-4-6-20(24)26(21-12-13-36-28(21)30-2)27(31)25-14-18(16-37-25)22-15-23(22)29(32)35-3/h4-14,16,22-23H,15H2,1,3H3. The number of thiophene rings is 2. The van der Waals surface area contributed by atoms with Crippen molar-refractivity contribution in [3.05, 3.63) is 94.0 Å². The van der Waals surface area contributed by atoms with Crippen LogP contribution in [0.5, 0.6) is 0 Å². The Labute approximate surface area is 228 Å². The van der Waals surface area contributed by atoms with Crippen LogP contribution in [-0.4, -0.2) is 25.5 Å². The fourth-order valence-corrected chi connectivity index (χ4v) is 8.29. The molecule has 1 aliphatic rings. The minimum atomic E-state index is -4.00. The van der Waals surface area contributed by atoms with Gasteiger partial charge in [-0.2, -0.15) is 11.3 Å². The van der Waals surface area contributed by atoms with E-state index in [9.17, 15) is 13.2 Å². The van der Waals surface area contributed by atoms with Gasteiger partial charge in [0.1, 0.15) is 0 Å². The van der Waals surface area contributed by atoms with Crippen molar-refractivity contribution >= 4 is 54.6 Å². The van der Waals surface area contributed by atoms with Gasteiger partial charge in [0.05, 0.1) is 40.6 Å². The van der Waals surface area contributed by atoms with E-state index in [2.05, 4.69) is 4.85 Å². The van der Waals surface area contributed by atoms with Crippen molar-refractivity contribution in [1.82, 2.24) is 3.97 Å². The highest BCUT2D eigenvalue weighted by Crippen LogP contribution is 2.53. The monoisotopic (exact) mass is 558 g/mol. The van der Waals surface area contributed by atoms with Crippen LogP contribution < -0.4 is 0 Å². The van der Waals surface area contributed by atoms with Gasteiger partial charge >= 0.3 is 5.97 Å². The highest BCUT2D eigenvalue weighted by molar-refractivity contribution is 7.90. The highest BCUT2D eigenvalue weighted by atomic mass is 32.2. The van der Waals surface area contributed by atoms with Crippen molar-refractivity contribution in [3.8, 4) is 21.7 Å². The number of benzene rings is 2. The molecule has 0 N–H and O–H groups in total. The summed E-state index contributed by atoms with van der Waals surface area (Å²) in [6.45, 7) is 9.65. The summed E-state index contributed by atoms with van der Waals surface area (Å²) in [6.07, 6.45) is 0.715. The number of hydrogen-bond acceptors (Lipinski definition) is 6. The summed E-state index contributed by atoms with van der Waals surface area (Å²) in [6, 6.07) is 18.1. The molecule has 0 amide bonds. The van der Waals surface area contributed by atoms with Crippen molar-refractivity contribution in [3.63, 3.8) is 0 Å². The predicted octanol–water partition coefficient (Wildman–Crippen LogP) is 7.47. The first-order valence-electron chi connectivity index (χ1n) is 11.9. The van der Waals surface area contributed by atoms with Gasteiger partial charge in [-0.15, -0.1) is 11.3 Å². The summed E-state index contributed by atoms with van der Waals surface area (Å²) >= 11 is 2.79. The maximum Gasteiger partial charge on any atom is 0.309 e. The zero-order valence-corrected chi connectivity index (χ0v) is 23.0. The van der Waals surface area contributed by atoms with E-state index >= 15 is 0 Å². The number of esters is 1. The lowest BCUT2D eigenvalue weighted by molar-refractivity contribution is -0.142. The molecule has 38 heavy (non-hydrogen) atoms. The van der Waals surface area contributed by atoms with Gasteiger partial charge in [0.25, 0.3) is 10.0 Å². The first-order valence-corrected chi connectivity index (χ1v) is 15.1. The maximum atomic E-state index is 14.3. The molecule has 0 bridgehead atoms. The number of methoxy groups -OCH3 is 1. The summed E-state index contributed by atoms with van der Waals surface area (Å²) < 4.78 is 34.9. The van der Waals surface area contributed by atoms with Crippen LogP contribution in [0.15, 0.2) is 76.3 Å². The summed E-state index contributed by atoms with van der Waals surface area (Å²) in [7, 11) is -2.60. The van der Waals surface area contributed by atoms with E-state index in [-0.39, 0.29) is 22.7 Å². The third-order valence-electron chi connectivity index (χ3n) is 6.98. The molecule has 3 heterocycles. The molecule has 9 heteroatoms. The Bertz CT molecular complexity index is 1850. The van der Waals surface area contributed by atoms with E-state index in [1.807, 2.05) is 48.0 Å². The van der Waals surface area contributed by atoms with Gasteiger partial charge in [0, 0.05) is 16.5 Å². The number of aryl methyl sites for hydroxylation is 1. The molecule has 0 radical (unpaired) electrons. The number of fused-ring (bicyclic) bond motifs is 1. The van der Waals surface area contributed by atoms with Crippen LogP contribution in [0.25, 0.3) is 37.4 Å². The Balaban J connectivity index is 1.64. The van der Waals surface area contributed by atoms with Gasteiger partial charge in [-0.05, 0) is 59.9 Å². The number of ether oxygens (including phenoxy) is 1.